The Balaban J connectivity index is 4.26. The van der Waals surface area contributed by atoms with Crippen LogP contribution in [0, 0.1) is 17.8 Å². The molecule has 6 heteroatoms. The fraction of sp³-hybridized carbons (Fsp3) is 0.955. The van der Waals surface area contributed by atoms with Gasteiger partial charge in [0, 0.05) is 19.3 Å². The highest BCUT2D eigenvalue weighted by Gasteiger charge is 2.20. The van der Waals surface area contributed by atoms with Crippen molar-refractivity contribution < 1.29 is 28.6 Å². The van der Waals surface area contributed by atoms with Crippen LogP contribution in [0.5, 0.6) is 0 Å². The third-order valence-electron chi connectivity index (χ3n) is 15.9. The second-order valence-corrected chi connectivity index (χ2v) is 23.7. The molecule has 0 fully saturated rings. The first-order valence-corrected chi connectivity index (χ1v) is 32.7. The quantitative estimate of drug-likeness (QED) is 0.0343. The minimum atomic E-state index is -0.765. The first-order valence-electron chi connectivity index (χ1n) is 32.7. The van der Waals surface area contributed by atoms with Gasteiger partial charge in [-0.3, -0.25) is 14.4 Å². The van der Waals surface area contributed by atoms with Crippen molar-refractivity contribution in [1.29, 1.82) is 0 Å². The molecular weight excluding hydrogens is 889 g/mol. The molecule has 0 saturated carbocycles. The van der Waals surface area contributed by atoms with E-state index in [0.29, 0.717) is 19.3 Å². The molecule has 0 rings (SSSR count). The highest BCUT2D eigenvalue weighted by atomic mass is 16.6. The van der Waals surface area contributed by atoms with Gasteiger partial charge >= 0.3 is 17.9 Å². The van der Waals surface area contributed by atoms with Crippen molar-refractivity contribution in [1.82, 2.24) is 0 Å². The Morgan fingerprint density at radius 1 is 0.278 bits per heavy atom. The maximum absolute atomic E-state index is 12.9. The molecule has 0 saturated heterocycles. The zero-order valence-electron chi connectivity index (χ0n) is 49.7. The maximum atomic E-state index is 12.9. The number of carbonyl (C=O) groups excluding carboxylic acids is 3. The Morgan fingerprint density at radius 2 is 0.486 bits per heavy atom. The molecule has 0 heterocycles. The summed E-state index contributed by atoms with van der Waals surface area (Å²) in [5.41, 5.74) is 0. The number of unbranched alkanes of at least 4 members (excludes halogenated alkanes) is 40. The van der Waals surface area contributed by atoms with E-state index >= 15 is 0 Å². The van der Waals surface area contributed by atoms with Crippen LogP contribution in [0.25, 0.3) is 0 Å². The normalized spacial score (nSPS) is 12.9. The Kier molecular flexibility index (Phi) is 55.9. The third-order valence-corrected chi connectivity index (χ3v) is 15.9. The predicted molar refractivity (Wildman–Crippen MR) is 312 cm³/mol. The van der Waals surface area contributed by atoms with Crippen molar-refractivity contribution in [3.05, 3.63) is 0 Å². The van der Waals surface area contributed by atoms with Crippen LogP contribution < -0.4 is 0 Å². The Hall–Kier alpha value is -1.59. The highest BCUT2D eigenvalue weighted by molar-refractivity contribution is 5.71. The van der Waals surface area contributed by atoms with Crippen LogP contribution in [-0.2, 0) is 28.6 Å². The van der Waals surface area contributed by atoms with Crippen molar-refractivity contribution in [2.24, 2.45) is 17.8 Å². The van der Waals surface area contributed by atoms with Crippen molar-refractivity contribution >= 4 is 17.9 Å². The van der Waals surface area contributed by atoms with Gasteiger partial charge in [-0.05, 0) is 37.0 Å². The highest BCUT2D eigenvalue weighted by Crippen LogP contribution is 2.20. The predicted octanol–water partition coefficient (Wildman–Crippen LogP) is 21.8. The lowest BCUT2D eigenvalue weighted by Gasteiger charge is -2.18. The Morgan fingerprint density at radius 3 is 0.722 bits per heavy atom. The molecule has 0 aliphatic carbocycles. The van der Waals surface area contributed by atoms with E-state index < -0.39 is 6.10 Å². The molecule has 3 atom stereocenters. The van der Waals surface area contributed by atoms with Gasteiger partial charge in [-0.25, -0.2) is 0 Å². The van der Waals surface area contributed by atoms with Crippen molar-refractivity contribution in [2.45, 2.75) is 375 Å². The molecule has 0 aliphatic rings. The summed E-state index contributed by atoms with van der Waals surface area (Å²) in [5.74, 6) is 1.79. The lowest BCUT2D eigenvalue weighted by Crippen LogP contribution is -2.30. The molecule has 0 radical (unpaired) electrons. The zero-order valence-corrected chi connectivity index (χ0v) is 49.7. The lowest BCUT2D eigenvalue weighted by molar-refractivity contribution is -0.167. The molecule has 6 nitrogen and oxygen atoms in total. The summed E-state index contributed by atoms with van der Waals surface area (Å²) in [5, 5.41) is 0. The van der Waals surface area contributed by atoms with Crippen LogP contribution in [0.15, 0.2) is 0 Å². The van der Waals surface area contributed by atoms with Gasteiger partial charge in [-0.1, -0.05) is 330 Å². The van der Waals surface area contributed by atoms with Gasteiger partial charge in [-0.2, -0.15) is 0 Å². The summed E-state index contributed by atoms with van der Waals surface area (Å²) in [6.45, 7) is 13.9. The van der Waals surface area contributed by atoms with Crippen LogP contribution >= 0.6 is 0 Å². The van der Waals surface area contributed by atoms with E-state index in [4.69, 9.17) is 14.2 Å². The average molecular weight is 1020 g/mol. The Bertz CT molecular complexity index is 1120. The van der Waals surface area contributed by atoms with Crippen molar-refractivity contribution in [2.75, 3.05) is 13.2 Å². The van der Waals surface area contributed by atoms with Crippen LogP contribution in [0.3, 0.4) is 0 Å². The zero-order chi connectivity index (χ0) is 52.6. The van der Waals surface area contributed by atoms with Crippen LogP contribution in [-0.4, -0.2) is 37.2 Å². The molecule has 72 heavy (non-hydrogen) atoms. The van der Waals surface area contributed by atoms with Gasteiger partial charge in [0.05, 0.1) is 0 Å². The lowest BCUT2D eigenvalue weighted by atomic mass is 9.99. The second-order valence-electron chi connectivity index (χ2n) is 23.7. The Labute approximate surface area is 450 Å². The number of esters is 3. The summed E-state index contributed by atoms with van der Waals surface area (Å²) in [6, 6.07) is 0. The standard InChI is InChI=1S/C66H128O6/c1-7-61(5)53-47-41-35-29-23-19-15-11-9-10-12-16-20-24-31-37-43-49-55-64(67)70-58-63(59-71-65(68)56-50-44-38-32-27-26-30-36-42-48-54-62(6)8-2)72-66(69)57-51-45-39-33-25-21-17-13-14-18-22-28-34-40-46-52-60(3)4/h60-63H,7-59H2,1-6H3/t61?,62?,63-/m0/s1. The molecule has 0 N–H and O–H groups in total. The van der Waals surface area contributed by atoms with Gasteiger partial charge in [0.15, 0.2) is 6.10 Å². The third kappa shape index (κ3) is 56.1. The monoisotopic (exact) mass is 1020 g/mol. The summed E-state index contributed by atoms with van der Waals surface area (Å²) in [7, 11) is 0. The average Bonchev–Trinajstić information content (AvgIpc) is 3.37. The van der Waals surface area contributed by atoms with Gasteiger partial charge in [0.25, 0.3) is 0 Å². The van der Waals surface area contributed by atoms with Crippen LogP contribution in [0.2, 0.25) is 0 Å². The van der Waals surface area contributed by atoms with Crippen LogP contribution in [0.1, 0.15) is 369 Å². The molecule has 2 unspecified atom stereocenters. The number of ether oxygens (including phenoxy) is 3. The van der Waals surface area contributed by atoms with E-state index in [0.717, 1.165) is 75.5 Å². The minimum absolute atomic E-state index is 0.0626. The molecule has 0 spiro atoms. The number of carbonyl (C=O) groups is 3. The van der Waals surface area contributed by atoms with E-state index in [-0.39, 0.29) is 31.1 Å². The number of hydrogen-bond acceptors (Lipinski definition) is 6. The van der Waals surface area contributed by atoms with E-state index in [1.54, 1.807) is 0 Å². The first kappa shape index (κ1) is 70.4. The fourth-order valence-corrected chi connectivity index (χ4v) is 10.2. The molecule has 0 aromatic carbocycles. The van der Waals surface area contributed by atoms with Gasteiger partial charge in [-0.15, -0.1) is 0 Å². The smallest absolute Gasteiger partial charge is 0.306 e. The molecule has 0 aromatic heterocycles. The maximum Gasteiger partial charge on any atom is 0.306 e. The fourth-order valence-electron chi connectivity index (χ4n) is 10.2. The van der Waals surface area contributed by atoms with E-state index in [1.165, 1.54) is 250 Å². The van der Waals surface area contributed by atoms with Crippen molar-refractivity contribution in [3.63, 3.8) is 0 Å². The van der Waals surface area contributed by atoms with Gasteiger partial charge < -0.3 is 14.2 Å². The summed E-state index contributed by atoms with van der Waals surface area (Å²) < 4.78 is 17.0. The molecular formula is C66H128O6. The van der Waals surface area contributed by atoms with Crippen molar-refractivity contribution in [3.8, 4) is 0 Å². The largest absolute Gasteiger partial charge is 0.462 e. The molecule has 0 bridgehead atoms. The first-order chi connectivity index (χ1) is 35.2. The molecule has 0 aliphatic heterocycles. The van der Waals surface area contributed by atoms with Gasteiger partial charge in [0.2, 0.25) is 0 Å². The summed E-state index contributed by atoms with van der Waals surface area (Å²) in [6.07, 6.45) is 62.4. The summed E-state index contributed by atoms with van der Waals surface area (Å²) in [4.78, 5) is 38.3. The number of rotatable bonds is 59. The minimum Gasteiger partial charge on any atom is -0.462 e. The molecule has 0 amide bonds. The van der Waals surface area contributed by atoms with Crippen LogP contribution in [0.4, 0.5) is 0 Å². The SMILES string of the molecule is CCC(C)CCCCCCCCCCCCCCCCCCCCC(=O)OC[C@@H](COC(=O)CCCCCCCCCCCCC(C)CC)OC(=O)CCCCCCCCCCCCCCCCCC(C)C. The topological polar surface area (TPSA) is 78.9 Å². The second kappa shape index (κ2) is 57.1. The van der Waals surface area contributed by atoms with E-state index in [2.05, 4.69) is 41.5 Å². The molecule has 428 valence electrons. The number of hydrogen-bond donors (Lipinski definition) is 0. The van der Waals surface area contributed by atoms with E-state index in [1.807, 2.05) is 0 Å². The molecule has 0 aromatic rings. The van der Waals surface area contributed by atoms with Gasteiger partial charge in [0.1, 0.15) is 13.2 Å². The summed E-state index contributed by atoms with van der Waals surface area (Å²) >= 11 is 0. The van der Waals surface area contributed by atoms with E-state index in [9.17, 15) is 14.4 Å².